The molecule has 1 aliphatic carbocycles. The molecule has 2 aromatic rings. The second-order valence-electron chi connectivity index (χ2n) is 8.03. The Hall–Kier alpha value is -2.38. The number of anilines is 1. The van der Waals surface area contributed by atoms with E-state index in [1.54, 1.807) is 37.4 Å². The van der Waals surface area contributed by atoms with Gasteiger partial charge in [-0.3, -0.25) is 4.79 Å². The SMILES string of the molecule is COc1ccc(NC(=O)C2CCN(S(=O)(=O)c3ccc4c(c3)CCCC4)CC2)cc1. The quantitative estimate of drug-likeness (QED) is 0.789. The molecule has 1 amide bonds. The third-order valence-corrected chi connectivity index (χ3v) is 8.03. The molecule has 0 aromatic heterocycles. The zero-order chi connectivity index (χ0) is 21.1. The van der Waals surface area contributed by atoms with Crippen LogP contribution in [-0.4, -0.2) is 38.8 Å². The van der Waals surface area contributed by atoms with Crippen molar-refractivity contribution in [2.45, 2.75) is 43.4 Å². The van der Waals surface area contributed by atoms with Crippen molar-refractivity contribution in [2.24, 2.45) is 5.92 Å². The lowest BCUT2D eigenvalue weighted by molar-refractivity contribution is -0.120. The minimum Gasteiger partial charge on any atom is -0.497 e. The number of hydrogen-bond donors (Lipinski definition) is 1. The molecule has 7 heteroatoms. The van der Waals surface area contributed by atoms with Crippen molar-refractivity contribution in [1.82, 2.24) is 4.31 Å². The summed E-state index contributed by atoms with van der Waals surface area (Å²) in [5.41, 5.74) is 3.15. The fourth-order valence-electron chi connectivity index (χ4n) is 4.30. The summed E-state index contributed by atoms with van der Waals surface area (Å²) >= 11 is 0. The third-order valence-electron chi connectivity index (χ3n) is 6.14. The van der Waals surface area contributed by atoms with E-state index in [9.17, 15) is 13.2 Å². The number of methoxy groups -OCH3 is 1. The average Bonchev–Trinajstić information content (AvgIpc) is 2.79. The summed E-state index contributed by atoms with van der Waals surface area (Å²) in [7, 11) is -1.93. The summed E-state index contributed by atoms with van der Waals surface area (Å²) in [6, 6.07) is 12.7. The van der Waals surface area contributed by atoms with Crippen molar-refractivity contribution in [2.75, 3.05) is 25.5 Å². The molecule has 0 saturated carbocycles. The molecule has 1 saturated heterocycles. The highest BCUT2D eigenvalue weighted by Crippen LogP contribution is 2.28. The van der Waals surface area contributed by atoms with Gasteiger partial charge in [-0.1, -0.05) is 6.07 Å². The molecule has 1 fully saturated rings. The highest BCUT2D eigenvalue weighted by Gasteiger charge is 2.32. The number of benzene rings is 2. The van der Waals surface area contributed by atoms with Crippen molar-refractivity contribution in [3.05, 3.63) is 53.6 Å². The third kappa shape index (κ3) is 4.37. The first kappa shape index (κ1) is 20.9. The zero-order valence-electron chi connectivity index (χ0n) is 17.3. The number of carbonyl (C=O) groups is 1. The summed E-state index contributed by atoms with van der Waals surface area (Å²) in [5, 5.41) is 2.92. The van der Waals surface area contributed by atoms with Crippen molar-refractivity contribution < 1.29 is 17.9 Å². The topological polar surface area (TPSA) is 75.7 Å². The van der Waals surface area contributed by atoms with E-state index in [-0.39, 0.29) is 11.8 Å². The molecule has 0 unspecified atom stereocenters. The molecule has 1 heterocycles. The highest BCUT2D eigenvalue weighted by atomic mass is 32.2. The number of ether oxygens (including phenoxy) is 1. The molecule has 0 atom stereocenters. The van der Waals surface area contributed by atoms with Crippen molar-refractivity contribution in [3.63, 3.8) is 0 Å². The number of rotatable bonds is 5. The van der Waals surface area contributed by atoms with E-state index in [4.69, 9.17) is 4.74 Å². The van der Waals surface area contributed by atoms with E-state index in [0.29, 0.717) is 36.5 Å². The van der Waals surface area contributed by atoms with Crippen LogP contribution in [0, 0.1) is 5.92 Å². The average molecular weight is 429 g/mol. The van der Waals surface area contributed by atoms with Crippen LogP contribution in [0.2, 0.25) is 0 Å². The van der Waals surface area contributed by atoms with Crippen LogP contribution in [0.4, 0.5) is 5.69 Å². The Balaban J connectivity index is 1.38. The molecule has 1 aliphatic heterocycles. The van der Waals surface area contributed by atoms with E-state index in [2.05, 4.69) is 5.32 Å². The highest BCUT2D eigenvalue weighted by molar-refractivity contribution is 7.89. The largest absolute Gasteiger partial charge is 0.497 e. The number of hydrogen-bond acceptors (Lipinski definition) is 4. The maximum absolute atomic E-state index is 13.1. The maximum atomic E-state index is 13.1. The smallest absolute Gasteiger partial charge is 0.243 e. The number of nitrogens with zero attached hydrogens (tertiary/aromatic N) is 1. The van der Waals surface area contributed by atoms with Gasteiger partial charge >= 0.3 is 0 Å². The molecule has 0 bridgehead atoms. The van der Waals surface area contributed by atoms with Gasteiger partial charge in [0.25, 0.3) is 0 Å². The number of aryl methyl sites for hydroxylation is 2. The molecule has 160 valence electrons. The first-order chi connectivity index (χ1) is 14.5. The predicted molar refractivity (Wildman–Crippen MR) is 116 cm³/mol. The summed E-state index contributed by atoms with van der Waals surface area (Å²) in [6.07, 6.45) is 5.31. The van der Waals surface area contributed by atoms with E-state index < -0.39 is 10.0 Å². The Kier molecular flexibility index (Phi) is 6.11. The van der Waals surface area contributed by atoms with Crippen LogP contribution in [-0.2, 0) is 27.7 Å². The fraction of sp³-hybridized carbons (Fsp3) is 0.435. The number of nitrogens with one attached hydrogen (secondary N) is 1. The Morgan fingerprint density at radius 2 is 1.67 bits per heavy atom. The summed E-state index contributed by atoms with van der Waals surface area (Å²) < 4.78 is 32.9. The Morgan fingerprint density at radius 3 is 2.33 bits per heavy atom. The van der Waals surface area contributed by atoms with Gasteiger partial charge in [0.1, 0.15) is 5.75 Å². The second-order valence-corrected chi connectivity index (χ2v) is 9.97. The van der Waals surface area contributed by atoms with E-state index >= 15 is 0 Å². The predicted octanol–water partition coefficient (Wildman–Crippen LogP) is 3.61. The molecular formula is C23H28N2O4S. The first-order valence-electron chi connectivity index (χ1n) is 10.5. The minimum absolute atomic E-state index is 0.0639. The lowest BCUT2D eigenvalue weighted by Gasteiger charge is -2.31. The second kappa shape index (κ2) is 8.78. The van der Waals surface area contributed by atoms with Crippen LogP contribution >= 0.6 is 0 Å². The van der Waals surface area contributed by atoms with Crippen molar-refractivity contribution in [1.29, 1.82) is 0 Å². The Labute approximate surface area is 178 Å². The van der Waals surface area contributed by atoms with Crippen LogP contribution in [0.15, 0.2) is 47.4 Å². The monoisotopic (exact) mass is 428 g/mol. The molecule has 4 rings (SSSR count). The normalized spacial score (nSPS) is 17.9. The standard InChI is InChI=1S/C23H28N2O4S/c1-29-21-9-7-20(8-10-21)24-23(26)18-12-14-25(15-13-18)30(27,28)22-11-6-17-4-2-3-5-19(17)16-22/h6-11,16,18H,2-5,12-15H2,1H3,(H,24,26). The summed E-state index contributed by atoms with van der Waals surface area (Å²) in [4.78, 5) is 13.0. The summed E-state index contributed by atoms with van der Waals surface area (Å²) in [5.74, 6) is 0.474. The van der Waals surface area contributed by atoms with Gasteiger partial charge in [0.15, 0.2) is 0 Å². The van der Waals surface area contributed by atoms with Crippen LogP contribution in [0.5, 0.6) is 5.75 Å². The zero-order valence-corrected chi connectivity index (χ0v) is 18.1. The minimum atomic E-state index is -3.52. The van der Waals surface area contributed by atoms with Crippen molar-refractivity contribution in [3.8, 4) is 5.75 Å². The number of carbonyl (C=O) groups excluding carboxylic acids is 1. The maximum Gasteiger partial charge on any atom is 0.243 e. The first-order valence-corrected chi connectivity index (χ1v) is 12.0. The number of piperidine rings is 1. The molecule has 6 nitrogen and oxygen atoms in total. The van der Waals surface area contributed by atoms with Gasteiger partial charge in [0, 0.05) is 24.7 Å². The van der Waals surface area contributed by atoms with E-state index in [1.165, 1.54) is 16.3 Å². The lowest BCUT2D eigenvalue weighted by atomic mass is 9.92. The van der Waals surface area contributed by atoms with E-state index in [0.717, 1.165) is 30.6 Å². The van der Waals surface area contributed by atoms with Gasteiger partial charge in [0.05, 0.1) is 12.0 Å². The number of fused-ring (bicyclic) bond motifs is 1. The van der Waals surface area contributed by atoms with Crippen molar-refractivity contribution >= 4 is 21.6 Å². The number of amides is 1. The summed E-state index contributed by atoms with van der Waals surface area (Å²) in [6.45, 7) is 0.722. The molecular weight excluding hydrogens is 400 g/mol. The van der Waals surface area contributed by atoms with E-state index in [1.807, 2.05) is 12.1 Å². The van der Waals surface area contributed by atoms with Gasteiger partial charge in [-0.15, -0.1) is 0 Å². The van der Waals surface area contributed by atoms with Crippen LogP contribution < -0.4 is 10.1 Å². The molecule has 0 spiro atoms. The van der Waals surface area contributed by atoms with Gasteiger partial charge in [-0.25, -0.2) is 8.42 Å². The molecule has 2 aliphatic rings. The molecule has 2 aromatic carbocycles. The lowest BCUT2D eigenvalue weighted by Crippen LogP contribution is -2.41. The van der Waals surface area contributed by atoms with Crippen LogP contribution in [0.3, 0.4) is 0 Å². The number of sulfonamides is 1. The fourth-order valence-corrected chi connectivity index (χ4v) is 5.82. The van der Waals surface area contributed by atoms with Gasteiger partial charge in [-0.05, 0) is 86.1 Å². The van der Waals surface area contributed by atoms with Gasteiger partial charge in [0.2, 0.25) is 15.9 Å². The molecule has 1 N–H and O–H groups in total. The Morgan fingerprint density at radius 1 is 1.00 bits per heavy atom. The van der Waals surface area contributed by atoms with Crippen LogP contribution in [0.25, 0.3) is 0 Å². The molecule has 0 radical (unpaired) electrons. The van der Waals surface area contributed by atoms with Gasteiger partial charge < -0.3 is 10.1 Å². The van der Waals surface area contributed by atoms with Gasteiger partial charge in [-0.2, -0.15) is 4.31 Å². The Bertz CT molecular complexity index is 1010. The van der Waals surface area contributed by atoms with Crippen LogP contribution in [0.1, 0.15) is 36.8 Å². The molecule has 30 heavy (non-hydrogen) atoms.